The largest absolute Gasteiger partial charge is 0.298 e. The van der Waals surface area contributed by atoms with E-state index in [1.807, 2.05) is 18.2 Å². The minimum Gasteiger partial charge on any atom is -0.298 e. The molecule has 0 radical (unpaired) electrons. The first-order chi connectivity index (χ1) is 15.8. The summed E-state index contributed by atoms with van der Waals surface area (Å²) in [6, 6.07) is 21.9. The van der Waals surface area contributed by atoms with Gasteiger partial charge in [0.05, 0.1) is 0 Å². The normalized spacial score (nSPS) is 10.8. The standard InChI is InChI=1S/C30H34O2/c1-2-3-4-5-6-7-8-9-15-24-16-10-11-19-27(24)28-20-12-13-21-29(28)30-25(22-31)17-14-18-26(30)23-32/h10-14,16-23H,2-9,15H2,1H3. The zero-order valence-electron chi connectivity index (χ0n) is 19.2. The Balaban J connectivity index is 1.83. The SMILES string of the molecule is CCCCCCCCCCc1ccccc1-c1ccccc1-c1c(C=O)cccc1C=O. The molecule has 0 bridgehead atoms. The Morgan fingerprint density at radius 3 is 1.72 bits per heavy atom. The summed E-state index contributed by atoms with van der Waals surface area (Å²) in [4.78, 5) is 23.5. The molecule has 0 aliphatic carbocycles. The fourth-order valence-corrected chi connectivity index (χ4v) is 4.48. The van der Waals surface area contributed by atoms with Crippen LogP contribution in [0.15, 0.2) is 66.7 Å². The highest BCUT2D eigenvalue weighted by atomic mass is 16.1. The van der Waals surface area contributed by atoms with Gasteiger partial charge in [0.15, 0.2) is 12.6 Å². The van der Waals surface area contributed by atoms with E-state index < -0.39 is 0 Å². The molecule has 0 aliphatic rings. The molecular formula is C30H34O2. The lowest BCUT2D eigenvalue weighted by atomic mass is 9.87. The van der Waals surface area contributed by atoms with E-state index >= 15 is 0 Å². The van der Waals surface area contributed by atoms with Crippen LogP contribution >= 0.6 is 0 Å². The molecule has 2 heteroatoms. The fraction of sp³-hybridized carbons (Fsp3) is 0.333. The second-order valence-corrected chi connectivity index (χ2v) is 8.47. The van der Waals surface area contributed by atoms with Gasteiger partial charge >= 0.3 is 0 Å². The van der Waals surface area contributed by atoms with Crippen molar-refractivity contribution in [2.24, 2.45) is 0 Å². The van der Waals surface area contributed by atoms with Crippen LogP contribution in [0.2, 0.25) is 0 Å². The van der Waals surface area contributed by atoms with Crippen molar-refractivity contribution in [2.75, 3.05) is 0 Å². The van der Waals surface area contributed by atoms with Crippen LogP contribution in [0.5, 0.6) is 0 Å². The summed E-state index contributed by atoms with van der Waals surface area (Å²) in [6.45, 7) is 2.26. The maximum absolute atomic E-state index is 11.8. The summed E-state index contributed by atoms with van der Waals surface area (Å²) in [5.41, 5.74) is 6.31. The lowest BCUT2D eigenvalue weighted by molar-refractivity contribution is 0.112. The molecule has 3 rings (SSSR count). The van der Waals surface area contributed by atoms with Gasteiger partial charge in [-0.1, -0.05) is 119 Å². The summed E-state index contributed by atoms with van der Waals surface area (Å²) in [6.07, 6.45) is 13.2. The predicted molar refractivity (Wildman–Crippen MR) is 134 cm³/mol. The second kappa shape index (κ2) is 12.8. The van der Waals surface area contributed by atoms with Gasteiger partial charge in [0, 0.05) is 16.7 Å². The highest BCUT2D eigenvalue weighted by Crippen LogP contribution is 2.37. The molecule has 166 valence electrons. The van der Waals surface area contributed by atoms with Gasteiger partial charge in [0.25, 0.3) is 0 Å². The Labute approximate surface area is 192 Å². The molecule has 0 saturated heterocycles. The molecule has 32 heavy (non-hydrogen) atoms. The van der Waals surface area contributed by atoms with E-state index in [1.165, 1.54) is 62.5 Å². The lowest BCUT2D eigenvalue weighted by Crippen LogP contribution is -1.98. The van der Waals surface area contributed by atoms with Gasteiger partial charge in [-0.25, -0.2) is 0 Å². The first-order valence-electron chi connectivity index (χ1n) is 12.0. The van der Waals surface area contributed by atoms with Crippen molar-refractivity contribution in [3.8, 4) is 22.3 Å². The van der Waals surface area contributed by atoms with Crippen molar-refractivity contribution in [3.05, 3.63) is 83.4 Å². The van der Waals surface area contributed by atoms with Crippen LogP contribution in [0.1, 0.15) is 84.6 Å². The topological polar surface area (TPSA) is 34.1 Å². The third-order valence-electron chi connectivity index (χ3n) is 6.19. The maximum Gasteiger partial charge on any atom is 0.150 e. The van der Waals surface area contributed by atoms with Crippen molar-refractivity contribution in [2.45, 2.75) is 64.7 Å². The Morgan fingerprint density at radius 1 is 0.562 bits per heavy atom. The monoisotopic (exact) mass is 426 g/mol. The lowest BCUT2D eigenvalue weighted by Gasteiger charge is -2.16. The number of aldehydes is 2. The predicted octanol–water partition coefficient (Wildman–Crippen LogP) is 8.33. The third-order valence-corrected chi connectivity index (χ3v) is 6.19. The number of carbonyl (C=O) groups is 2. The highest BCUT2D eigenvalue weighted by molar-refractivity contribution is 6.00. The molecule has 3 aromatic rings. The molecule has 0 aliphatic heterocycles. The van der Waals surface area contributed by atoms with Gasteiger partial charge in [0.2, 0.25) is 0 Å². The van der Waals surface area contributed by atoms with Crippen LogP contribution in [0, 0.1) is 0 Å². The number of hydrogen-bond acceptors (Lipinski definition) is 2. The Morgan fingerprint density at radius 2 is 1.09 bits per heavy atom. The van der Waals surface area contributed by atoms with Gasteiger partial charge < -0.3 is 0 Å². The molecule has 0 unspecified atom stereocenters. The van der Waals surface area contributed by atoms with Gasteiger partial charge in [-0.3, -0.25) is 9.59 Å². The van der Waals surface area contributed by atoms with Crippen LogP contribution in [-0.2, 0) is 6.42 Å². The molecule has 0 aromatic heterocycles. The summed E-state index contributed by atoms with van der Waals surface area (Å²) in [5.74, 6) is 0. The van der Waals surface area contributed by atoms with Crippen LogP contribution < -0.4 is 0 Å². The fourth-order valence-electron chi connectivity index (χ4n) is 4.48. The van der Waals surface area contributed by atoms with E-state index in [0.717, 1.165) is 35.7 Å². The number of unbranched alkanes of at least 4 members (excludes halogenated alkanes) is 7. The zero-order chi connectivity index (χ0) is 22.6. The molecule has 0 spiro atoms. The van der Waals surface area contributed by atoms with Gasteiger partial charge in [-0.2, -0.15) is 0 Å². The van der Waals surface area contributed by atoms with Crippen molar-refractivity contribution in [3.63, 3.8) is 0 Å². The summed E-state index contributed by atoms with van der Waals surface area (Å²) in [5, 5.41) is 0. The minimum atomic E-state index is 0.544. The number of carbonyl (C=O) groups excluding carboxylic acids is 2. The van der Waals surface area contributed by atoms with Gasteiger partial charge in [0.1, 0.15) is 0 Å². The summed E-state index contributed by atoms with van der Waals surface area (Å²) < 4.78 is 0. The average molecular weight is 427 g/mol. The van der Waals surface area contributed by atoms with E-state index in [2.05, 4.69) is 37.3 Å². The van der Waals surface area contributed by atoms with Crippen LogP contribution in [0.4, 0.5) is 0 Å². The zero-order valence-corrected chi connectivity index (χ0v) is 19.2. The minimum absolute atomic E-state index is 0.544. The maximum atomic E-state index is 11.8. The molecule has 0 atom stereocenters. The van der Waals surface area contributed by atoms with Gasteiger partial charge in [-0.15, -0.1) is 0 Å². The summed E-state index contributed by atoms with van der Waals surface area (Å²) in [7, 11) is 0. The first-order valence-corrected chi connectivity index (χ1v) is 12.0. The molecule has 0 N–H and O–H groups in total. The Hall–Kier alpha value is -3.00. The Bertz CT molecular complexity index is 993. The second-order valence-electron chi connectivity index (χ2n) is 8.47. The highest BCUT2D eigenvalue weighted by Gasteiger charge is 2.16. The van der Waals surface area contributed by atoms with Crippen LogP contribution in [-0.4, -0.2) is 12.6 Å². The molecule has 0 fully saturated rings. The third kappa shape index (κ3) is 6.03. The number of rotatable bonds is 13. The van der Waals surface area contributed by atoms with Gasteiger partial charge in [-0.05, 0) is 35.1 Å². The van der Waals surface area contributed by atoms with E-state index in [-0.39, 0.29) is 0 Å². The number of hydrogen-bond donors (Lipinski definition) is 0. The van der Waals surface area contributed by atoms with E-state index in [1.54, 1.807) is 18.2 Å². The molecule has 2 nitrogen and oxygen atoms in total. The van der Waals surface area contributed by atoms with E-state index in [0.29, 0.717) is 11.1 Å². The molecule has 0 saturated carbocycles. The molecular weight excluding hydrogens is 392 g/mol. The first kappa shape index (κ1) is 23.7. The van der Waals surface area contributed by atoms with Crippen LogP contribution in [0.25, 0.3) is 22.3 Å². The summed E-state index contributed by atoms with van der Waals surface area (Å²) >= 11 is 0. The smallest absolute Gasteiger partial charge is 0.150 e. The Kier molecular flexibility index (Phi) is 9.43. The average Bonchev–Trinajstić information content (AvgIpc) is 2.85. The van der Waals surface area contributed by atoms with Crippen molar-refractivity contribution in [1.82, 2.24) is 0 Å². The van der Waals surface area contributed by atoms with Crippen LogP contribution in [0.3, 0.4) is 0 Å². The van der Waals surface area contributed by atoms with E-state index in [4.69, 9.17) is 0 Å². The quantitative estimate of drug-likeness (QED) is 0.203. The van der Waals surface area contributed by atoms with Crippen molar-refractivity contribution >= 4 is 12.6 Å². The number of benzene rings is 3. The molecule has 3 aromatic carbocycles. The molecule has 0 amide bonds. The van der Waals surface area contributed by atoms with E-state index in [9.17, 15) is 9.59 Å². The van der Waals surface area contributed by atoms with Crippen molar-refractivity contribution < 1.29 is 9.59 Å². The number of aryl methyl sites for hydroxylation is 1. The van der Waals surface area contributed by atoms with Crippen molar-refractivity contribution in [1.29, 1.82) is 0 Å². The molecule has 0 heterocycles.